The van der Waals surface area contributed by atoms with Crippen molar-refractivity contribution in [3.8, 4) is 5.75 Å². The molecule has 1 aliphatic rings. The molecule has 1 fully saturated rings. The van der Waals surface area contributed by atoms with E-state index in [-0.39, 0.29) is 24.9 Å². The third kappa shape index (κ3) is 3.59. The maximum atomic E-state index is 11.9. The van der Waals surface area contributed by atoms with E-state index < -0.39 is 10.0 Å². The summed E-state index contributed by atoms with van der Waals surface area (Å²) in [5, 5.41) is 8.86. The van der Waals surface area contributed by atoms with Gasteiger partial charge >= 0.3 is 0 Å². The van der Waals surface area contributed by atoms with Gasteiger partial charge < -0.3 is 15.6 Å². The summed E-state index contributed by atoms with van der Waals surface area (Å²) in [5.74, 6) is 0.566. The summed E-state index contributed by atoms with van der Waals surface area (Å²) < 4.78 is 30.5. The Morgan fingerprint density at radius 2 is 2.16 bits per heavy atom. The molecule has 3 N–H and O–H groups in total. The van der Waals surface area contributed by atoms with Crippen molar-refractivity contribution in [2.75, 3.05) is 37.8 Å². The van der Waals surface area contributed by atoms with Crippen molar-refractivity contribution in [2.45, 2.75) is 0 Å². The van der Waals surface area contributed by atoms with Crippen molar-refractivity contribution >= 4 is 15.7 Å². The van der Waals surface area contributed by atoms with Crippen molar-refractivity contribution in [1.82, 2.24) is 4.31 Å². The molecule has 1 aliphatic heterocycles. The zero-order valence-electron chi connectivity index (χ0n) is 10.5. The maximum absolute atomic E-state index is 11.9. The van der Waals surface area contributed by atoms with Gasteiger partial charge in [0.2, 0.25) is 10.0 Å². The van der Waals surface area contributed by atoms with E-state index in [0.29, 0.717) is 24.5 Å². The zero-order chi connectivity index (χ0) is 13.9. The second kappa shape index (κ2) is 5.77. The lowest BCUT2D eigenvalue weighted by molar-refractivity contribution is 0.117. The first kappa shape index (κ1) is 14.1. The molecule has 0 aliphatic carbocycles. The number of nitrogen functional groups attached to an aromatic ring is 1. The molecule has 0 amide bonds. The van der Waals surface area contributed by atoms with Crippen LogP contribution in [0.3, 0.4) is 0 Å². The number of sulfonamides is 1. The first-order chi connectivity index (χ1) is 9.01. The summed E-state index contributed by atoms with van der Waals surface area (Å²) in [5.41, 5.74) is 6.17. The minimum absolute atomic E-state index is 0.0335. The van der Waals surface area contributed by atoms with Gasteiger partial charge in [0, 0.05) is 37.4 Å². The Morgan fingerprint density at radius 1 is 1.42 bits per heavy atom. The van der Waals surface area contributed by atoms with E-state index in [1.54, 1.807) is 24.3 Å². The van der Waals surface area contributed by atoms with Crippen LogP contribution >= 0.6 is 0 Å². The fourth-order valence-electron chi connectivity index (χ4n) is 1.86. The fourth-order valence-corrected chi connectivity index (χ4v) is 3.29. The zero-order valence-corrected chi connectivity index (χ0v) is 11.3. The van der Waals surface area contributed by atoms with Crippen LogP contribution < -0.4 is 10.5 Å². The van der Waals surface area contributed by atoms with E-state index in [0.717, 1.165) is 0 Å². The smallest absolute Gasteiger partial charge is 0.217 e. The molecule has 2 rings (SSSR count). The van der Waals surface area contributed by atoms with Crippen molar-refractivity contribution in [1.29, 1.82) is 0 Å². The topological polar surface area (TPSA) is 92.9 Å². The second-order valence-corrected chi connectivity index (χ2v) is 6.69. The van der Waals surface area contributed by atoms with Gasteiger partial charge in [0.25, 0.3) is 0 Å². The van der Waals surface area contributed by atoms with Crippen LogP contribution in [0, 0.1) is 5.92 Å². The average molecular weight is 286 g/mol. The lowest BCUT2D eigenvalue weighted by atomic mass is 10.1. The highest BCUT2D eigenvalue weighted by Gasteiger charge is 2.34. The van der Waals surface area contributed by atoms with Crippen LogP contribution in [0.1, 0.15) is 0 Å². The summed E-state index contributed by atoms with van der Waals surface area (Å²) in [4.78, 5) is 0. The van der Waals surface area contributed by atoms with Gasteiger partial charge in [-0.2, -0.15) is 0 Å². The Labute approximate surface area is 112 Å². The summed E-state index contributed by atoms with van der Waals surface area (Å²) in [6.45, 7) is 0.923. The van der Waals surface area contributed by atoms with Gasteiger partial charge in [-0.15, -0.1) is 0 Å². The van der Waals surface area contributed by atoms with Crippen molar-refractivity contribution in [2.24, 2.45) is 5.92 Å². The maximum Gasteiger partial charge on any atom is 0.217 e. The summed E-state index contributed by atoms with van der Waals surface area (Å²) >= 11 is 0. The highest BCUT2D eigenvalue weighted by Crippen LogP contribution is 2.19. The predicted octanol–water partition coefficient (Wildman–Crippen LogP) is -0.0985. The molecule has 1 aromatic carbocycles. The third-order valence-electron chi connectivity index (χ3n) is 3.04. The number of anilines is 1. The molecule has 0 spiro atoms. The van der Waals surface area contributed by atoms with Crippen LogP contribution in [0.5, 0.6) is 5.75 Å². The molecular formula is C12H18N2O4S. The molecular weight excluding hydrogens is 268 g/mol. The van der Waals surface area contributed by atoms with Gasteiger partial charge in [-0.25, -0.2) is 12.7 Å². The number of hydrogen-bond acceptors (Lipinski definition) is 5. The minimum atomic E-state index is -3.28. The molecule has 7 heteroatoms. The van der Waals surface area contributed by atoms with E-state index in [2.05, 4.69) is 0 Å². The number of ether oxygens (including phenoxy) is 1. The Hall–Kier alpha value is -1.31. The molecule has 1 aromatic rings. The molecule has 0 radical (unpaired) electrons. The number of nitrogens with two attached hydrogens (primary N) is 1. The Kier molecular flexibility index (Phi) is 4.28. The number of aliphatic hydroxyl groups is 1. The Balaban J connectivity index is 1.79. The molecule has 19 heavy (non-hydrogen) atoms. The number of rotatable bonds is 6. The van der Waals surface area contributed by atoms with Gasteiger partial charge in [0.1, 0.15) is 12.4 Å². The Morgan fingerprint density at radius 3 is 2.79 bits per heavy atom. The van der Waals surface area contributed by atoms with Gasteiger partial charge in [0.15, 0.2) is 0 Å². The van der Waals surface area contributed by atoms with Crippen LogP contribution in [-0.2, 0) is 10.0 Å². The van der Waals surface area contributed by atoms with Crippen molar-refractivity contribution in [3.05, 3.63) is 24.3 Å². The van der Waals surface area contributed by atoms with Crippen LogP contribution in [0.25, 0.3) is 0 Å². The quantitative estimate of drug-likeness (QED) is 0.712. The highest BCUT2D eigenvalue weighted by molar-refractivity contribution is 7.89. The normalized spacial score (nSPS) is 17.1. The lowest BCUT2D eigenvalue weighted by Gasteiger charge is -2.36. The standard InChI is InChI=1S/C12H18N2O4S/c13-11-2-1-3-12(6-11)18-4-5-19(16,17)14-7-10(8-14)9-15/h1-3,6,10,15H,4-5,7-9,13H2. The highest BCUT2D eigenvalue weighted by atomic mass is 32.2. The second-order valence-electron chi connectivity index (χ2n) is 4.60. The molecule has 6 nitrogen and oxygen atoms in total. The predicted molar refractivity (Wildman–Crippen MR) is 72.3 cm³/mol. The van der Waals surface area contributed by atoms with Crippen LogP contribution in [0.2, 0.25) is 0 Å². The van der Waals surface area contributed by atoms with Crippen molar-refractivity contribution < 1.29 is 18.3 Å². The van der Waals surface area contributed by atoms with Crippen LogP contribution in [-0.4, -0.2) is 49.9 Å². The van der Waals surface area contributed by atoms with Gasteiger partial charge in [-0.05, 0) is 12.1 Å². The number of aliphatic hydroxyl groups excluding tert-OH is 1. The summed E-state index contributed by atoms with van der Waals surface area (Å²) in [7, 11) is -3.28. The molecule has 0 bridgehead atoms. The van der Waals surface area contributed by atoms with E-state index in [4.69, 9.17) is 15.6 Å². The summed E-state index contributed by atoms with van der Waals surface area (Å²) in [6, 6.07) is 6.87. The molecule has 106 valence electrons. The van der Waals surface area contributed by atoms with E-state index in [1.165, 1.54) is 4.31 Å². The van der Waals surface area contributed by atoms with E-state index in [9.17, 15) is 8.42 Å². The molecule has 0 unspecified atom stereocenters. The number of benzene rings is 1. The van der Waals surface area contributed by atoms with E-state index >= 15 is 0 Å². The fraction of sp³-hybridized carbons (Fsp3) is 0.500. The number of nitrogens with zero attached hydrogens (tertiary/aromatic N) is 1. The first-order valence-corrected chi connectivity index (χ1v) is 7.69. The monoisotopic (exact) mass is 286 g/mol. The van der Waals surface area contributed by atoms with Crippen molar-refractivity contribution in [3.63, 3.8) is 0 Å². The van der Waals surface area contributed by atoms with Gasteiger partial charge in [0.05, 0.1) is 5.75 Å². The lowest BCUT2D eigenvalue weighted by Crippen LogP contribution is -2.52. The molecule has 1 heterocycles. The van der Waals surface area contributed by atoms with Gasteiger partial charge in [-0.1, -0.05) is 6.07 Å². The number of hydrogen-bond donors (Lipinski definition) is 2. The molecule has 0 saturated carbocycles. The molecule has 0 aromatic heterocycles. The van der Waals surface area contributed by atoms with Crippen LogP contribution in [0.4, 0.5) is 5.69 Å². The summed E-state index contributed by atoms with van der Waals surface area (Å²) in [6.07, 6.45) is 0. The first-order valence-electron chi connectivity index (χ1n) is 6.08. The average Bonchev–Trinajstić information content (AvgIpc) is 2.27. The minimum Gasteiger partial charge on any atom is -0.492 e. The van der Waals surface area contributed by atoms with Crippen LogP contribution in [0.15, 0.2) is 24.3 Å². The largest absolute Gasteiger partial charge is 0.492 e. The molecule has 0 atom stereocenters. The van der Waals surface area contributed by atoms with Gasteiger partial charge in [-0.3, -0.25) is 0 Å². The third-order valence-corrected chi connectivity index (χ3v) is 4.81. The Bertz CT molecular complexity index is 526. The molecule has 1 saturated heterocycles. The SMILES string of the molecule is Nc1cccc(OCCS(=O)(=O)N2CC(CO)C2)c1. The van der Waals surface area contributed by atoms with E-state index in [1.807, 2.05) is 0 Å².